The molecule has 1 N–H and O–H groups in total. The Morgan fingerprint density at radius 2 is 1.95 bits per heavy atom. The minimum absolute atomic E-state index is 0.0313. The van der Waals surface area contributed by atoms with Crippen molar-refractivity contribution in [2.24, 2.45) is 0 Å². The first-order valence-corrected chi connectivity index (χ1v) is 7.04. The molecule has 0 saturated heterocycles. The van der Waals surface area contributed by atoms with Gasteiger partial charge < -0.3 is 15.1 Å². The van der Waals surface area contributed by atoms with Crippen LogP contribution in [0, 0.1) is 0 Å². The van der Waals surface area contributed by atoms with Gasteiger partial charge in [-0.3, -0.25) is 4.79 Å². The molecule has 1 rings (SSSR count). The molecule has 0 aromatic carbocycles. The van der Waals surface area contributed by atoms with Gasteiger partial charge in [-0.05, 0) is 53.0 Å². The third-order valence-electron chi connectivity index (χ3n) is 2.85. The van der Waals surface area contributed by atoms with Gasteiger partial charge in [0.15, 0.2) is 0 Å². The first-order valence-electron chi connectivity index (χ1n) is 7.04. The van der Waals surface area contributed by atoms with Crippen molar-refractivity contribution < 1.29 is 4.79 Å². The predicted octanol–water partition coefficient (Wildman–Crippen LogP) is 1.93. The third kappa shape index (κ3) is 5.57. The molecule has 1 heterocycles. The van der Waals surface area contributed by atoms with E-state index in [2.05, 4.69) is 15.2 Å². The lowest BCUT2D eigenvalue weighted by Gasteiger charge is -2.18. The monoisotopic (exact) mass is 278 g/mol. The van der Waals surface area contributed by atoms with E-state index in [1.54, 1.807) is 11.0 Å². The van der Waals surface area contributed by atoms with E-state index in [9.17, 15) is 4.79 Å². The first-order chi connectivity index (χ1) is 9.40. The van der Waals surface area contributed by atoms with E-state index in [-0.39, 0.29) is 5.91 Å². The standard InChI is InChI=1S/C15H26N4O/c1-12(2)16-14-9-6-8-13(17-14)15(20)19(5)11-7-10-18(3)4/h6,8-9,12H,7,10-11H2,1-5H3,(H,16,17). The van der Waals surface area contributed by atoms with Crippen LogP contribution >= 0.6 is 0 Å². The van der Waals surface area contributed by atoms with Crippen LogP contribution < -0.4 is 5.32 Å². The predicted molar refractivity (Wildman–Crippen MR) is 83.1 cm³/mol. The zero-order valence-electron chi connectivity index (χ0n) is 13.2. The maximum Gasteiger partial charge on any atom is 0.272 e. The van der Waals surface area contributed by atoms with Crippen LogP contribution in [0.25, 0.3) is 0 Å². The van der Waals surface area contributed by atoms with Gasteiger partial charge >= 0.3 is 0 Å². The number of nitrogens with one attached hydrogen (secondary N) is 1. The van der Waals surface area contributed by atoms with Crippen molar-refractivity contribution in [3.05, 3.63) is 23.9 Å². The highest BCUT2D eigenvalue weighted by Crippen LogP contribution is 2.08. The van der Waals surface area contributed by atoms with Crippen molar-refractivity contribution in [3.8, 4) is 0 Å². The van der Waals surface area contributed by atoms with Crippen molar-refractivity contribution >= 4 is 11.7 Å². The van der Waals surface area contributed by atoms with Gasteiger partial charge in [0.1, 0.15) is 11.5 Å². The molecule has 0 bridgehead atoms. The molecule has 1 aromatic rings. The van der Waals surface area contributed by atoms with Crippen molar-refractivity contribution in [3.63, 3.8) is 0 Å². The summed E-state index contributed by atoms with van der Waals surface area (Å²) < 4.78 is 0. The average Bonchev–Trinajstić information content (AvgIpc) is 2.36. The highest BCUT2D eigenvalue weighted by Gasteiger charge is 2.13. The molecule has 0 radical (unpaired) electrons. The number of pyridine rings is 1. The summed E-state index contributed by atoms with van der Waals surface area (Å²) in [6.07, 6.45) is 0.958. The summed E-state index contributed by atoms with van der Waals surface area (Å²) >= 11 is 0. The Morgan fingerprint density at radius 1 is 1.25 bits per heavy atom. The highest BCUT2D eigenvalue weighted by atomic mass is 16.2. The Morgan fingerprint density at radius 3 is 2.55 bits per heavy atom. The lowest BCUT2D eigenvalue weighted by Crippen LogP contribution is -2.30. The SMILES string of the molecule is CC(C)Nc1cccc(C(=O)N(C)CCCN(C)C)n1. The topological polar surface area (TPSA) is 48.5 Å². The molecule has 1 aromatic heterocycles. The maximum atomic E-state index is 12.3. The molecule has 0 aliphatic rings. The third-order valence-corrected chi connectivity index (χ3v) is 2.85. The fraction of sp³-hybridized carbons (Fsp3) is 0.600. The summed E-state index contributed by atoms with van der Waals surface area (Å²) in [5.74, 6) is 0.712. The maximum absolute atomic E-state index is 12.3. The van der Waals surface area contributed by atoms with Gasteiger partial charge in [0.25, 0.3) is 5.91 Å². The summed E-state index contributed by atoms with van der Waals surface area (Å²) in [7, 11) is 5.89. The number of carbonyl (C=O) groups is 1. The largest absolute Gasteiger partial charge is 0.368 e. The molecule has 0 spiro atoms. The zero-order chi connectivity index (χ0) is 15.1. The van der Waals surface area contributed by atoms with Crippen molar-refractivity contribution in [1.29, 1.82) is 0 Å². The Hall–Kier alpha value is -1.62. The number of amides is 1. The Labute approximate surface area is 122 Å². The van der Waals surface area contributed by atoms with E-state index in [1.165, 1.54) is 0 Å². The lowest BCUT2D eigenvalue weighted by molar-refractivity contribution is 0.0785. The fourth-order valence-electron chi connectivity index (χ4n) is 1.85. The molecule has 5 heteroatoms. The van der Waals surface area contributed by atoms with Gasteiger partial charge in [-0.1, -0.05) is 6.07 Å². The summed E-state index contributed by atoms with van der Waals surface area (Å²) in [6.45, 7) is 5.80. The average molecular weight is 278 g/mol. The number of nitrogens with zero attached hydrogens (tertiary/aromatic N) is 3. The zero-order valence-corrected chi connectivity index (χ0v) is 13.2. The molecule has 0 saturated carbocycles. The van der Waals surface area contributed by atoms with Gasteiger partial charge in [0.05, 0.1) is 0 Å². The fourth-order valence-corrected chi connectivity index (χ4v) is 1.85. The number of carbonyl (C=O) groups excluding carboxylic acids is 1. The van der Waals surface area contributed by atoms with Crippen LogP contribution in [-0.4, -0.2) is 61.0 Å². The highest BCUT2D eigenvalue weighted by molar-refractivity contribution is 5.92. The normalized spacial score (nSPS) is 10.9. The van der Waals surface area contributed by atoms with Gasteiger partial charge in [0, 0.05) is 19.6 Å². The van der Waals surface area contributed by atoms with E-state index in [0.29, 0.717) is 11.7 Å². The van der Waals surface area contributed by atoms with Crippen LogP contribution in [0.2, 0.25) is 0 Å². The van der Waals surface area contributed by atoms with Crippen LogP contribution in [0.15, 0.2) is 18.2 Å². The number of hydrogen-bond donors (Lipinski definition) is 1. The van der Waals surface area contributed by atoms with Gasteiger partial charge in [-0.15, -0.1) is 0 Å². The van der Waals surface area contributed by atoms with Gasteiger partial charge in [0.2, 0.25) is 0 Å². The number of anilines is 1. The molecular weight excluding hydrogens is 252 g/mol. The Bertz CT molecular complexity index is 432. The smallest absolute Gasteiger partial charge is 0.272 e. The van der Waals surface area contributed by atoms with Crippen LogP contribution in [0.3, 0.4) is 0 Å². The second-order valence-electron chi connectivity index (χ2n) is 5.59. The van der Waals surface area contributed by atoms with Crippen LogP contribution in [0.1, 0.15) is 30.8 Å². The lowest BCUT2D eigenvalue weighted by atomic mass is 10.3. The molecule has 0 aliphatic heterocycles. The van der Waals surface area contributed by atoms with E-state index in [0.717, 1.165) is 25.3 Å². The van der Waals surface area contributed by atoms with Crippen molar-refractivity contribution in [2.45, 2.75) is 26.3 Å². The summed E-state index contributed by atoms with van der Waals surface area (Å²) in [4.78, 5) is 20.5. The molecule has 5 nitrogen and oxygen atoms in total. The second kappa shape index (κ2) is 7.85. The van der Waals surface area contributed by atoms with Crippen LogP contribution in [0.4, 0.5) is 5.82 Å². The van der Waals surface area contributed by atoms with E-state index in [4.69, 9.17) is 0 Å². The van der Waals surface area contributed by atoms with Crippen molar-refractivity contribution in [2.75, 3.05) is 39.5 Å². The molecule has 1 amide bonds. The first kappa shape index (κ1) is 16.4. The summed E-state index contributed by atoms with van der Waals surface area (Å²) in [5, 5.41) is 3.21. The summed E-state index contributed by atoms with van der Waals surface area (Å²) in [6, 6.07) is 5.79. The molecule has 0 aliphatic carbocycles. The van der Waals surface area contributed by atoms with E-state index < -0.39 is 0 Å². The van der Waals surface area contributed by atoms with E-state index >= 15 is 0 Å². The molecular formula is C15H26N4O. The van der Waals surface area contributed by atoms with Gasteiger partial charge in [-0.25, -0.2) is 4.98 Å². The molecule has 20 heavy (non-hydrogen) atoms. The number of rotatable bonds is 7. The summed E-state index contributed by atoms with van der Waals surface area (Å²) in [5.41, 5.74) is 0.489. The Balaban J connectivity index is 2.61. The van der Waals surface area contributed by atoms with Gasteiger partial charge in [-0.2, -0.15) is 0 Å². The molecule has 112 valence electrons. The quantitative estimate of drug-likeness (QED) is 0.828. The minimum atomic E-state index is -0.0313. The molecule has 0 unspecified atom stereocenters. The van der Waals surface area contributed by atoms with Crippen molar-refractivity contribution in [1.82, 2.24) is 14.8 Å². The molecule has 0 atom stereocenters. The number of hydrogen-bond acceptors (Lipinski definition) is 4. The van der Waals surface area contributed by atoms with E-state index in [1.807, 2.05) is 47.1 Å². The minimum Gasteiger partial charge on any atom is -0.368 e. The number of aromatic nitrogens is 1. The Kier molecular flexibility index (Phi) is 6.45. The van der Waals surface area contributed by atoms with Crippen LogP contribution in [-0.2, 0) is 0 Å². The molecule has 0 fully saturated rings. The van der Waals surface area contributed by atoms with Crippen LogP contribution in [0.5, 0.6) is 0 Å². The second-order valence-corrected chi connectivity index (χ2v) is 5.59.